The second kappa shape index (κ2) is 6.35. The molecule has 0 spiro atoms. The summed E-state index contributed by atoms with van der Waals surface area (Å²) in [5, 5.41) is 0. The average Bonchev–Trinajstić information content (AvgIpc) is 2.95. The fourth-order valence-electron chi connectivity index (χ4n) is 2.14. The molecule has 0 aliphatic heterocycles. The van der Waals surface area contributed by atoms with E-state index in [1.165, 1.54) is 0 Å². The van der Waals surface area contributed by atoms with E-state index >= 15 is 0 Å². The number of halogens is 1. The maximum atomic E-state index is 5.82. The van der Waals surface area contributed by atoms with Crippen LogP contribution in [0.25, 0.3) is 0 Å². The first-order valence-electron chi connectivity index (χ1n) is 6.55. The first-order chi connectivity index (χ1) is 9.60. The lowest BCUT2D eigenvalue weighted by Crippen LogP contribution is -1.98. The second-order valence-electron chi connectivity index (χ2n) is 4.58. The molecule has 2 rings (SSSR count). The van der Waals surface area contributed by atoms with Crippen LogP contribution in [0.2, 0.25) is 0 Å². The van der Waals surface area contributed by atoms with E-state index in [1.807, 2.05) is 24.3 Å². The van der Waals surface area contributed by atoms with Crippen molar-refractivity contribution in [2.75, 3.05) is 14.2 Å². The van der Waals surface area contributed by atoms with Crippen molar-refractivity contribution < 1.29 is 13.9 Å². The first-order valence-corrected chi connectivity index (χ1v) is 7.47. The average molecular weight is 339 g/mol. The van der Waals surface area contributed by atoms with Gasteiger partial charge in [0, 0.05) is 6.42 Å². The van der Waals surface area contributed by atoms with Gasteiger partial charge in [-0.15, -0.1) is 0 Å². The van der Waals surface area contributed by atoms with Crippen molar-refractivity contribution in [3.05, 3.63) is 46.9 Å². The Morgan fingerprint density at radius 1 is 1.15 bits per heavy atom. The molecule has 108 valence electrons. The molecular weight excluding hydrogens is 320 g/mol. The Morgan fingerprint density at radius 2 is 1.80 bits per heavy atom. The van der Waals surface area contributed by atoms with Gasteiger partial charge >= 0.3 is 0 Å². The highest BCUT2D eigenvalue weighted by Gasteiger charge is 2.19. The van der Waals surface area contributed by atoms with Gasteiger partial charge in [0.2, 0.25) is 0 Å². The normalized spacial score (nSPS) is 12.2. The highest BCUT2D eigenvalue weighted by atomic mass is 79.9. The monoisotopic (exact) mass is 338 g/mol. The lowest BCUT2D eigenvalue weighted by atomic mass is 10.0. The van der Waals surface area contributed by atoms with Crippen LogP contribution in [-0.2, 0) is 6.42 Å². The van der Waals surface area contributed by atoms with Gasteiger partial charge in [-0.25, -0.2) is 0 Å². The van der Waals surface area contributed by atoms with Crippen LogP contribution in [0, 0.1) is 6.92 Å². The molecule has 0 saturated heterocycles. The number of benzene rings is 1. The SMILES string of the molecule is CCc1ccc(C(Br)c2cc(OC)c(OC)cc2C)o1. The van der Waals surface area contributed by atoms with Gasteiger partial charge in [0.25, 0.3) is 0 Å². The second-order valence-corrected chi connectivity index (χ2v) is 5.50. The summed E-state index contributed by atoms with van der Waals surface area (Å²) in [5.41, 5.74) is 2.23. The smallest absolute Gasteiger partial charge is 0.161 e. The maximum absolute atomic E-state index is 5.82. The molecule has 20 heavy (non-hydrogen) atoms. The number of rotatable bonds is 5. The van der Waals surface area contributed by atoms with Crippen molar-refractivity contribution in [2.24, 2.45) is 0 Å². The number of hydrogen-bond donors (Lipinski definition) is 0. The number of hydrogen-bond acceptors (Lipinski definition) is 3. The third kappa shape index (κ3) is 2.85. The van der Waals surface area contributed by atoms with Crippen LogP contribution in [0.3, 0.4) is 0 Å². The van der Waals surface area contributed by atoms with Crippen molar-refractivity contribution in [2.45, 2.75) is 25.1 Å². The molecule has 0 bridgehead atoms. The Morgan fingerprint density at radius 3 is 2.35 bits per heavy atom. The molecule has 1 atom stereocenters. The van der Waals surface area contributed by atoms with Gasteiger partial charge < -0.3 is 13.9 Å². The summed E-state index contributed by atoms with van der Waals surface area (Å²) in [4.78, 5) is 0.00241. The molecule has 2 aromatic rings. The van der Waals surface area contributed by atoms with E-state index in [-0.39, 0.29) is 4.83 Å². The van der Waals surface area contributed by atoms with Crippen molar-refractivity contribution in [1.29, 1.82) is 0 Å². The number of alkyl halides is 1. The molecule has 0 aliphatic rings. The van der Waals surface area contributed by atoms with Gasteiger partial charge in [0.1, 0.15) is 11.5 Å². The zero-order chi connectivity index (χ0) is 14.7. The van der Waals surface area contributed by atoms with Gasteiger partial charge in [-0.05, 0) is 42.3 Å². The fraction of sp³-hybridized carbons (Fsp3) is 0.375. The minimum Gasteiger partial charge on any atom is -0.493 e. The Kier molecular flexibility index (Phi) is 4.76. The number of ether oxygens (including phenoxy) is 2. The highest BCUT2D eigenvalue weighted by Crippen LogP contribution is 2.39. The predicted molar refractivity (Wildman–Crippen MR) is 83.1 cm³/mol. The van der Waals surface area contributed by atoms with Gasteiger partial charge in [-0.3, -0.25) is 0 Å². The molecule has 0 aliphatic carbocycles. The molecule has 3 nitrogen and oxygen atoms in total. The minimum atomic E-state index is 0.00241. The largest absolute Gasteiger partial charge is 0.493 e. The Bertz CT molecular complexity index is 589. The number of furan rings is 1. The third-order valence-electron chi connectivity index (χ3n) is 3.33. The molecule has 1 heterocycles. The fourth-order valence-corrected chi connectivity index (χ4v) is 2.88. The van der Waals surface area contributed by atoms with Gasteiger partial charge in [0.05, 0.1) is 19.0 Å². The van der Waals surface area contributed by atoms with Gasteiger partial charge in [-0.2, -0.15) is 0 Å². The molecular formula is C16H19BrO3. The summed E-state index contributed by atoms with van der Waals surface area (Å²) in [5.74, 6) is 3.35. The Hall–Kier alpha value is -1.42. The summed E-state index contributed by atoms with van der Waals surface area (Å²) < 4.78 is 16.5. The molecule has 0 N–H and O–H groups in total. The van der Waals surface area contributed by atoms with Crippen LogP contribution in [0.5, 0.6) is 11.5 Å². The van der Waals surface area contributed by atoms with Crippen LogP contribution in [0.15, 0.2) is 28.7 Å². The molecule has 0 amide bonds. The number of aryl methyl sites for hydroxylation is 2. The lowest BCUT2D eigenvalue weighted by molar-refractivity contribution is 0.354. The quantitative estimate of drug-likeness (QED) is 0.743. The Labute approximate surface area is 128 Å². The van der Waals surface area contributed by atoms with Crippen LogP contribution in [-0.4, -0.2) is 14.2 Å². The molecule has 1 unspecified atom stereocenters. The third-order valence-corrected chi connectivity index (χ3v) is 4.27. The van der Waals surface area contributed by atoms with Crippen LogP contribution in [0.4, 0.5) is 0 Å². The van der Waals surface area contributed by atoms with Crippen molar-refractivity contribution in [3.63, 3.8) is 0 Å². The Balaban J connectivity index is 2.40. The van der Waals surface area contributed by atoms with E-state index in [0.717, 1.165) is 40.6 Å². The minimum absolute atomic E-state index is 0.00241. The van der Waals surface area contributed by atoms with E-state index < -0.39 is 0 Å². The van der Waals surface area contributed by atoms with Crippen molar-refractivity contribution in [1.82, 2.24) is 0 Å². The number of methoxy groups -OCH3 is 2. The molecule has 4 heteroatoms. The highest BCUT2D eigenvalue weighted by molar-refractivity contribution is 9.09. The molecule has 0 fully saturated rings. The van der Waals surface area contributed by atoms with E-state index in [4.69, 9.17) is 13.9 Å². The first kappa shape index (κ1) is 15.0. The maximum Gasteiger partial charge on any atom is 0.161 e. The van der Waals surface area contributed by atoms with Crippen LogP contribution in [0.1, 0.15) is 34.4 Å². The summed E-state index contributed by atoms with van der Waals surface area (Å²) in [6, 6.07) is 7.99. The molecule has 0 saturated carbocycles. The zero-order valence-corrected chi connectivity index (χ0v) is 13.8. The molecule has 0 radical (unpaired) electrons. The topological polar surface area (TPSA) is 31.6 Å². The van der Waals surface area contributed by atoms with Crippen LogP contribution >= 0.6 is 15.9 Å². The van der Waals surface area contributed by atoms with E-state index in [0.29, 0.717) is 0 Å². The summed E-state index contributed by atoms with van der Waals surface area (Å²) in [6.07, 6.45) is 0.893. The van der Waals surface area contributed by atoms with Gasteiger partial charge in [0.15, 0.2) is 11.5 Å². The molecule has 1 aromatic carbocycles. The lowest BCUT2D eigenvalue weighted by Gasteiger charge is -2.15. The zero-order valence-electron chi connectivity index (χ0n) is 12.2. The molecule has 1 aromatic heterocycles. The van der Waals surface area contributed by atoms with E-state index in [2.05, 4.69) is 29.8 Å². The van der Waals surface area contributed by atoms with Crippen LogP contribution < -0.4 is 9.47 Å². The summed E-state index contributed by atoms with van der Waals surface area (Å²) >= 11 is 3.71. The van der Waals surface area contributed by atoms with Crippen molar-refractivity contribution in [3.8, 4) is 11.5 Å². The van der Waals surface area contributed by atoms with E-state index in [1.54, 1.807) is 14.2 Å². The summed E-state index contributed by atoms with van der Waals surface area (Å²) in [6.45, 7) is 4.13. The predicted octanol–water partition coefficient (Wildman–Crippen LogP) is 4.65. The van der Waals surface area contributed by atoms with Gasteiger partial charge in [-0.1, -0.05) is 22.9 Å². The van der Waals surface area contributed by atoms with Crippen molar-refractivity contribution >= 4 is 15.9 Å². The van der Waals surface area contributed by atoms with E-state index in [9.17, 15) is 0 Å². The standard InChI is InChI=1S/C16H19BrO3/c1-5-11-6-7-13(20-11)16(17)12-9-15(19-4)14(18-3)8-10(12)2/h6-9,16H,5H2,1-4H3. The summed E-state index contributed by atoms with van der Waals surface area (Å²) in [7, 11) is 3.28.